The number of amides is 3. The van der Waals surface area contributed by atoms with Crippen molar-refractivity contribution in [3.63, 3.8) is 0 Å². The molecule has 0 fully saturated rings. The number of hydrogen-bond acceptors (Lipinski definition) is 9. The fourth-order valence-electron chi connectivity index (χ4n) is 2.54. The standard InChI is InChI=1S/C18H33N5O9/c1-8(24)13(20)16(29)21-10(5-3-4-6-19)15(28)23-14(9(2)25)17(30)22-11(18(31)32)7-12(26)27/h8-11,13-14,24-25H,3-7,19-20H2,1-2H3,(H,21,29)(H,22,30)(H,23,28)(H,26,27)(H,31,32). The zero-order valence-electron chi connectivity index (χ0n) is 18.0. The van der Waals surface area contributed by atoms with E-state index in [-0.39, 0.29) is 6.42 Å². The average Bonchev–Trinajstić information content (AvgIpc) is 2.68. The Morgan fingerprint density at radius 1 is 0.812 bits per heavy atom. The highest BCUT2D eigenvalue weighted by atomic mass is 16.4. The van der Waals surface area contributed by atoms with E-state index in [4.69, 9.17) is 21.7 Å². The molecule has 0 heterocycles. The molecule has 0 saturated heterocycles. The van der Waals surface area contributed by atoms with Gasteiger partial charge < -0.3 is 47.8 Å². The van der Waals surface area contributed by atoms with Gasteiger partial charge >= 0.3 is 11.9 Å². The first-order valence-electron chi connectivity index (χ1n) is 9.99. The quantitative estimate of drug-likeness (QED) is 0.106. The van der Waals surface area contributed by atoms with Crippen LogP contribution in [0.4, 0.5) is 0 Å². The molecule has 0 spiro atoms. The molecule has 14 heteroatoms. The number of aliphatic carboxylic acids is 2. The Morgan fingerprint density at radius 2 is 1.38 bits per heavy atom. The van der Waals surface area contributed by atoms with E-state index < -0.39 is 72.5 Å². The fraction of sp³-hybridized carbons (Fsp3) is 0.722. The highest BCUT2D eigenvalue weighted by molar-refractivity contribution is 5.95. The Kier molecular flexibility index (Phi) is 13.0. The Balaban J connectivity index is 5.44. The minimum Gasteiger partial charge on any atom is -0.481 e. The highest BCUT2D eigenvalue weighted by Gasteiger charge is 2.33. The molecule has 3 amide bonds. The third-order valence-corrected chi connectivity index (χ3v) is 4.46. The Morgan fingerprint density at radius 3 is 1.81 bits per heavy atom. The van der Waals surface area contributed by atoms with E-state index in [1.54, 1.807) is 0 Å². The van der Waals surface area contributed by atoms with Gasteiger partial charge in [-0.1, -0.05) is 0 Å². The Labute approximate surface area is 184 Å². The molecule has 0 saturated carbocycles. The van der Waals surface area contributed by atoms with Gasteiger partial charge in [0.1, 0.15) is 24.2 Å². The van der Waals surface area contributed by atoms with Crippen LogP contribution in [0.5, 0.6) is 0 Å². The second-order valence-electron chi connectivity index (χ2n) is 7.34. The zero-order valence-corrected chi connectivity index (χ0v) is 18.0. The van der Waals surface area contributed by atoms with E-state index in [1.165, 1.54) is 6.92 Å². The smallest absolute Gasteiger partial charge is 0.326 e. The van der Waals surface area contributed by atoms with Gasteiger partial charge in [-0.25, -0.2) is 4.79 Å². The maximum Gasteiger partial charge on any atom is 0.326 e. The minimum absolute atomic E-state index is 0.103. The van der Waals surface area contributed by atoms with Crippen molar-refractivity contribution >= 4 is 29.7 Å². The van der Waals surface area contributed by atoms with Crippen LogP contribution in [0.25, 0.3) is 0 Å². The molecule has 6 unspecified atom stereocenters. The lowest BCUT2D eigenvalue weighted by Gasteiger charge is -2.26. The fourth-order valence-corrected chi connectivity index (χ4v) is 2.54. The molecule has 0 bridgehead atoms. The maximum atomic E-state index is 12.7. The van der Waals surface area contributed by atoms with Gasteiger partial charge in [-0.05, 0) is 39.7 Å². The molecule has 6 atom stereocenters. The SMILES string of the molecule is CC(O)C(N)C(=O)NC(CCCCN)C(=O)NC(C(=O)NC(CC(=O)O)C(=O)O)C(C)O. The van der Waals surface area contributed by atoms with Gasteiger partial charge in [-0.2, -0.15) is 0 Å². The van der Waals surface area contributed by atoms with Crippen molar-refractivity contribution in [1.82, 2.24) is 16.0 Å². The first-order valence-corrected chi connectivity index (χ1v) is 9.99. The normalized spacial score (nSPS) is 16.6. The van der Waals surface area contributed by atoms with E-state index in [2.05, 4.69) is 10.6 Å². The van der Waals surface area contributed by atoms with Gasteiger partial charge in [0.05, 0.1) is 18.6 Å². The summed E-state index contributed by atoms with van der Waals surface area (Å²) < 4.78 is 0. The maximum absolute atomic E-state index is 12.7. The number of nitrogens with one attached hydrogen (secondary N) is 3. The summed E-state index contributed by atoms with van der Waals surface area (Å²) in [5.41, 5.74) is 11.0. The Bertz CT molecular complexity index is 671. The molecular weight excluding hydrogens is 430 g/mol. The molecular formula is C18H33N5O9. The molecule has 0 aliphatic rings. The first-order chi connectivity index (χ1) is 14.8. The summed E-state index contributed by atoms with van der Waals surface area (Å²) in [4.78, 5) is 59.2. The van der Waals surface area contributed by atoms with Gasteiger partial charge in [0.15, 0.2) is 0 Å². The molecule has 11 N–H and O–H groups in total. The molecule has 0 radical (unpaired) electrons. The predicted octanol–water partition coefficient (Wildman–Crippen LogP) is -3.78. The van der Waals surface area contributed by atoms with Crippen LogP contribution in [-0.2, 0) is 24.0 Å². The number of carbonyl (C=O) groups excluding carboxylic acids is 3. The number of carboxylic acids is 2. The summed E-state index contributed by atoms with van der Waals surface area (Å²) >= 11 is 0. The van der Waals surface area contributed by atoms with Gasteiger partial charge in [0, 0.05) is 0 Å². The average molecular weight is 463 g/mol. The zero-order chi connectivity index (χ0) is 25.0. The van der Waals surface area contributed by atoms with Gasteiger partial charge in [0.2, 0.25) is 17.7 Å². The van der Waals surface area contributed by atoms with Gasteiger partial charge in [-0.15, -0.1) is 0 Å². The number of hydrogen-bond donors (Lipinski definition) is 9. The Hall–Kier alpha value is -2.81. The van der Waals surface area contributed by atoms with Crippen molar-refractivity contribution in [2.45, 2.75) is 75.9 Å². The summed E-state index contributed by atoms with van der Waals surface area (Å²) in [6.45, 7) is 2.77. The largest absolute Gasteiger partial charge is 0.481 e. The van der Waals surface area contributed by atoms with Crippen LogP contribution in [0.15, 0.2) is 0 Å². The van der Waals surface area contributed by atoms with E-state index >= 15 is 0 Å². The van der Waals surface area contributed by atoms with Crippen LogP contribution in [0.2, 0.25) is 0 Å². The predicted molar refractivity (Wildman–Crippen MR) is 110 cm³/mol. The summed E-state index contributed by atoms with van der Waals surface area (Å²) in [6.07, 6.45) is -2.55. The van der Waals surface area contributed by atoms with Crippen molar-refractivity contribution in [1.29, 1.82) is 0 Å². The lowest BCUT2D eigenvalue weighted by molar-refractivity contribution is -0.148. The van der Waals surface area contributed by atoms with E-state index in [0.717, 1.165) is 6.92 Å². The van der Waals surface area contributed by atoms with E-state index in [1.807, 2.05) is 5.32 Å². The highest BCUT2D eigenvalue weighted by Crippen LogP contribution is 2.05. The van der Waals surface area contributed by atoms with Crippen molar-refractivity contribution in [2.24, 2.45) is 11.5 Å². The number of carboxylic acid groups (broad SMARTS) is 2. The van der Waals surface area contributed by atoms with Crippen LogP contribution < -0.4 is 27.4 Å². The molecule has 0 aromatic heterocycles. The third-order valence-electron chi connectivity index (χ3n) is 4.46. The summed E-state index contributed by atoms with van der Waals surface area (Å²) in [5, 5.41) is 43.7. The molecule has 184 valence electrons. The summed E-state index contributed by atoms with van der Waals surface area (Å²) in [6, 6.07) is -5.94. The van der Waals surface area contributed by atoms with Crippen LogP contribution in [-0.4, -0.2) is 93.0 Å². The van der Waals surface area contributed by atoms with Crippen LogP contribution >= 0.6 is 0 Å². The number of nitrogens with two attached hydrogens (primary N) is 2. The second-order valence-corrected chi connectivity index (χ2v) is 7.34. The monoisotopic (exact) mass is 463 g/mol. The molecule has 0 aromatic carbocycles. The molecule has 0 rings (SSSR count). The number of rotatable bonds is 15. The van der Waals surface area contributed by atoms with E-state index in [0.29, 0.717) is 19.4 Å². The van der Waals surface area contributed by atoms with Gasteiger partial charge in [-0.3, -0.25) is 19.2 Å². The molecule has 0 aliphatic heterocycles. The van der Waals surface area contributed by atoms with Crippen molar-refractivity contribution < 1.29 is 44.4 Å². The van der Waals surface area contributed by atoms with Crippen molar-refractivity contribution in [3.05, 3.63) is 0 Å². The summed E-state index contributed by atoms with van der Waals surface area (Å²) in [5.74, 6) is -5.92. The topological polar surface area (TPSA) is 254 Å². The molecule has 32 heavy (non-hydrogen) atoms. The van der Waals surface area contributed by atoms with Crippen LogP contribution in [0.1, 0.15) is 39.5 Å². The first kappa shape index (κ1) is 29.2. The minimum atomic E-state index is -1.79. The number of unbranched alkanes of at least 4 members (excludes halogenated alkanes) is 1. The molecule has 14 nitrogen and oxygen atoms in total. The molecule has 0 aromatic rings. The van der Waals surface area contributed by atoms with Crippen LogP contribution in [0.3, 0.4) is 0 Å². The summed E-state index contributed by atoms with van der Waals surface area (Å²) in [7, 11) is 0. The number of carbonyl (C=O) groups is 5. The third kappa shape index (κ3) is 10.5. The lowest BCUT2D eigenvalue weighted by Crippen LogP contribution is -2.60. The number of aliphatic hydroxyl groups excluding tert-OH is 2. The lowest BCUT2D eigenvalue weighted by atomic mass is 10.0. The second kappa shape index (κ2) is 14.3. The van der Waals surface area contributed by atoms with Crippen LogP contribution in [0, 0.1) is 0 Å². The van der Waals surface area contributed by atoms with E-state index in [9.17, 15) is 34.2 Å². The number of aliphatic hydroxyl groups is 2. The molecule has 0 aliphatic carbocycles. The van der Waals surface area contributed by atoms with Gasteiger partial charge in [0.25, 0.3) is 0 Å². The van der Waals surface area contributed by atoms with Crippen molar-refractivity contribution in [2.75, 3.05) is 6.54 Å². The van der Waals surface area contributed by atoms with Crippen molar-refractivity contribution in [3.8, 4) is 0 Å².